The Morgan fingerprint density at radius 2 is 1.65 bits per heavy atom. The van der Waals surface area contributed by atoms with Gasteiger partial charge in [0.15, 0.2) is 5.78 Å². The zero-order chi connectivity index (χ0) is 30.7. The summed E-state index contributed by atoms with van der Waals surface area (Å²) < 4.78 is 1.72. The number of nitrogens with one attached hydrogen (secondary N) is 5. The summed E-state index contributed by atoms with van der Waals surface area (Å²) in [5, 5.41) is 18.7. The van der Waals surface area contributed by atoms with Crippen LogP contribution in [0.4, 0.5) is 21.1 Å². The fourth-order valence-corrected chi connectivity index (χ4v) is 5.62. The Hall–Kier alpha value is -4.51. The molecule has 2 unspecified atom stereocenters. The molecule has 5 amide bonds. The lowest BCUT2D eigenvalue weighted by Gasteiger charge is -2.33. The Morgan fingerprint density at radius 3 is 2.28 bits per heavy atom. The molecular formula is C32H39N7O4. The van der Waals surface area contributed by atoms with Gasteiger partial charge in [-0.15, -0.1) is 0 Å². The van der Waals surface area contributed by atoms with Crippen LogP contribution in [0.1, 0.15) is 62.8 Å². The number of ketones is 1. The van der Waals surface area contributed by atoms with Crippen molar-refractivity contribution in [3.8, 4) is 5.69 Å². The second kappa shape index (κ2) is 12.4. The first-order chi connectivity index (χ1) is 20.5. The van der Waals surface area contributed by atoms with Crippen molar-refractivity contribution in [2.45, 2.75) is 64.3 Å². The Labute approximate surface area is 251 Å². The van der Waals surface area contributed by atoms with Crippen LogP contribution in [0.15, 0.2) is 54.6 Å². The van der Waals surface area contributed by atoms with Gasteiger partial charge in [0.05, 0.1) is 23.8 Å². The monoisotopic (exact) mass is 585 g/mol. The SMILES string of the molecule is Cc1ccc(-n2nc(C(C)(C)C)cc2NC(=O)Nc2ccc(C(C(=O)C3CC(=O)NC(=O)N3)C3CCNCC3)cc2)cc1. The number of nitrogens with zero attached hydrogens (tertiary/aromatic N) is 2. The summed E-state index contributed by atoms with van der Waals surface area (Å²) in [5.74, 6) is -0.515. The van der Waals surface area contributed by atoms with Crippen LogP contribution in [-0.2, 0) is 15.0 Å². The average molecular weight is 586 g/mol. The maximum absolute atomic E-state index is 13.7. The lowest BCUT2D eigenvalue weighted by atomic mass is 9.75. The fourth-order valence-electron chi connectivity index (χ4n) is 5.62. The summed E-state index contributed by atoms with van der Waals surface area (Å²) in [5.41, 5.74) is 3.93. The maximum atomic E-state index is 13.7. The van der Waals surface area contributed by atoms with Gasteiger partial charge in [-0.2, -0.15) is 5.10 Å². The third-order valence-corrected chi connectivity index (χ3v) is 7.98. The highest BCUT2D eigenvalue weighted by molar-refractivity contribution is 6.04. The predicted octanol–water partition coefficient (Wildman–Crippen LogP) is 4.37. The second-order valence-electron chi connectivity index (χ2n) is 12.4. The lowest BCUT2D eigenvalue weighted by Crippen LogP contribution is -2.56. The van der Waals surface area contributed by atoms with Crippen molar-refractivity contribution in [1.29, 1.82) is 0 Å². The minimum Gasteiger partial charge on any atom is -0.327 e. The van der Waals surface area contributed by atoms with E-state index in [0.717, 1.165) is 48.4 Å². The quantitative estimate of drug-likeness (QED) is 0.278. The van der Waals surface area contributed by atoms with Gasteiger partial charge in [0.25, 0.3) is 0 Å². The van der Waals surface area contributed by atoms with Gasteiger partial charge < -0.3 is 16.0 Å². The minimum absolute atomic E-state index is 0.0665. The second-order valence-corrected chi connectivity index (χ2v) is 12.4. The molecule has 0 bridgehead atoms. The van der Waals surface area contributed by atoms with Gasteiger partial charge in [0.2, 0.25) is 5.91 Å². The third-order valence-electron chi connectivity index (χ3n) is 7.98. The highest BCUT2D eigenvalue weighted by atomic mass is 16.2. The molecule has 2 aliphatic rings. The van der Waals surface area contributed by atoms with Crippen molar-refractivity contribution in [1.82, 2.24) is 25.7 Å². The number of amides is 5. The molecule has 5 rings (SSSR count). The van der Waals surface area contributed by atoms with Crippen molar-refractivity contribution in [2.75, 3.05) is 23.7 Å². The third kappa shape index (κ3) is 7.11. The van der Waals surface area contributed by atoms with E-state index in [1.54, 1.807) is 16.8 Å². The molecule has 2 aliphatic heterocycles. The number of urea groups is 2. The van der Waals surface area contributed by atoms with Gasteiger partial charge in [0, 0.05) is 23.1 Å². The summed E-state index contributed by atoms with van der Waals surface area (Å²) in [6.07, 6.45) is 1.52. The van der Waals surface area contributed by atoms with E-state index >= 15 is 0 Å². The van der Waals surface area contributed by atoms with E-state index in [1.807, 2.05) is 49.4 Å². The molecule has 1 aromatic heterocycles. The first kappa shape index (κ1) is 30.0. The number of aryl methyl sites for hydroxylation is 1. The number of benzene rings is 2. The highest BCUT2D eigenvalue weighted by Crippen LogP contribution is 2.34. The van der Waals surface area contributed by atoms with Crippen LogP contribution >= 0.6 is 0 Å². The first-order valence-corrected chi connectivity index (χ1v) is 14.7. The molecule has 5 N–H and O–H groups in total. The Kier molecular flexibility index (Phi) is 8.63. The number of Topliss-reactive ketones (excluding diaryl/α,β-unsaturated/α-hetero) is 1. The number of anilines is 2. The molecule has 226 valence electrons. The summed E-state index contributed by atoms with van der Waals surface area (Å²) in [4.78, 5) is 50.7. The Morgan fingerprint density at radius 1 is 0.977 bits per heavy atom. The van der Waals surface area contributed by atoms with Crippen molar-refractivity contribution >= 4 is 35.3 Å². The molecule has 3 aromatic rings. The van der Waals surface area contributed by atoms with Crippen LogP contribution in [0, 0.1) is 12.8 Å². The molecule has 0 saturated carbocycles. The van der Waals surface area contributed by atoms with E-state index in [9.17, 15) is 19.2 Å². The van der Waals surface area contributed by atoms with Crippen LogP contribution in [0.5, 0.6) is 0 Å². The molecule has 0 spiro atoms. The lowest BCUT2D eigenvalue weighted by molar-refractivity contribution is -0.129. The molecule has 2 fully saturated rings. The van der Waals surface area contributed by atoms with E-state index in [0.29, 0.717) is 11.5 Å². The summed E-state index contributed by atoms with van der Waals surface area (Å²) in [6.45, 7) is 9.81. The van der Waals surface area contributed by atoms with Gasteiger partial charge in [0.1, 0.15) is 5.82 Å². The summed E-state index contributed by atoms with van der Waals surface area (Å²) in [7, 11) is 0. The fraction of sp³-hybridized carbons (Fsp3) is 0.406. The Balaban J connectivity index is 1.33. The highest BCUT2D eigenvalue weighted by Gasteiger charge is 2.38. The number of hydrogen-bond donors (Lipinski definition) is 5. The molecule has 0 aliphatic carbocycles. The average Bonchev–Trinajstić information content (AvgIpc) is 3.39. The number of rotatable bonds is 7. The van der Waals surface area contributed by atoms with Gasteiger partial charge >= 0.3 is 12.1 Å². The predicted molar refractivity (Wildman–Crippen MR) is 165 cm³/mol. The van der Waals surface area contributed by atoms with E-state index < -0.39 is 29.9 Å². The standard InChI is InChI=1S/C32H39N7O4/c1-19-5-11-23(12-6-19)39-26(18-25(38-39)32(2,3)4)36-30(42)34-22-9-7-20(8-10-22)28(21-13-15-33-16-14-21)29(41)24-17-27(40)37-31(43)35-24/h5-12,18,21,24,28,33H,13-17H2,1-4H3,(H2,34,36,42)(H2,35,37,40,43). The van der Waals surface area contributed by atoms with Crippen LogP contribution in [0.2, 0.25) is 0 Å². The van der Waals surface area contributed by atoms with E-state index in [4.69, 9.17) is 5.10 Å². The maximum Gasteiger partial charge on any atom is 0.324 e. The molecule has 2 aromatic carbocycles. The largest absolute Gasteiger partial charge is 0.327 e. The number of piperidine rings is 1. The van der Waals surface area contributed by atoms with Crippen LogP contribution in [-0.4, -0.2) is 52.7 Å². The number of aromatic nitrogens is 2. The van der Waals surface area contributed by atoms with Crippen LogP contribution < -0.4 is 26.6 Å². The van der Waals surface area contributed by atoms with Gasteiger partial charge in [-0.05, 0) is 68.6 Å². The van der Waals surface area contributed by atoms with Gasteiger partial charge in [-0.25, -0.2) is 14.3 Å². The van der Waals surface area contributed by atoms with Crippen LogP contribution in [0.25, 0.3) is 5.69 Å². The first-order valence-electron chi connectivity index (χ1n) is 14.7. The van der Waals surface area contributed by atoms with Gasteiger partial charge in [-0.3, -0.25) is 20.2 Å². The summed E-state index contributed by atoms with van der Waals surface area (Å²) in [6, 6.07) is 15.0. The molecule has 2 atom stereocenters. The molecule has 2 saturated heterocycles. The topological polar surface area (TPSA) is 146 Å². The van der Waals surface area contributed by atoms with Crippen molar-refractivity contribution in [3.05, 3.63) is 71.4 Å². The smallest absolute Gasteiger partial charge is 0.324 e. The van der Waals surface area contributed by atoms with E-state index in [2.05, 4.69) is 47.4 Å². The number of imide groups is 1. The molecule has 11 nitrogen and oxygen atoms in total. The minimum atomic E-state index is -0.874. The van der Waals surface area contributed by atoms with Crippen LogP contribution in [0.3, 0.4) is 0 Å². The van der Waals surface area contributed by atoms with Crippen molar-refractivity contribution < 1.29 is 19.2 Å². The van der Waals surface area contributed by atoms with Gasteiger partial charge in [-0.1, -0.05) is 50.6 Å². The number of carbonyl (C=O) groups is 4. The molecular weight excluding hydrogens is 546 g/mol. The van der Waals surface area contributed by atoms with E-state index in [1.165, 1.54) is 0 Å². The molecule has 0 radical (unpaired) electrons. The van der Waals surface area contributed by atoms with E-state index in [-0.39, 0.29) is 23.5 Å². The summed E-state index contributed by atoms with van der Waals surface area (Å²) >= 11 is 0. The van der Waals surface area contributed by atoms with Crippen molar-refractivity contribution in [2.24, 2.45) is 5.92 Å². The number of hydrogen-bond acceptors (Lipinski definition) is 6. The molecule has 43 heavy (non-hydrogen) atoms. The molecule has 11 heteroatoms. The number of carbonyl (C=O) groups excluding carboxylic acids is 4. The van der Waals surface area contributed by atoms with Crippen molar-refractivity contribution in [3.63, 3.8) is 0 Å². The zero-order valence-electron chi connectivity index (χ0n) is 25.0. The normalized spacial score (nSPS) is 18.4. The Bertz CT molecular complexity index is 1480. The molecule has 3 heterocycles. The zero-order valence-corrected chi connectivity index (χ0v) is 25.0.